The van der Waals surface area contributed by atoms with Gasteiger partial charge in [0, 0.05) is 16.5 Å². The number of methoxy groups -OCH3 is 1. The number of hydrogen-bond donors (Lipinski definition) is 2. The molecule has 2 aromatic carbocycles. The van der Waals surface area contributed by atoms with Crippen molar-refractivity contribution < 1.29 is 14.9 Å². The van der Waals surface area contributed by atoms with Crippen molar-refractivity contribution in [1.29, 1.82) is 0 Å². The number of phenolic OH excluding ortho intramolecular Hbond substituents is 2. The average molecular weight is 381 g/mol. The van der Waals surface area contributed by atoms with Crippen LogP contribution in [0, 0.1) is 0 Å². The molecule has 7 heteroatoms. The number of rotatable bonds is 6. The molecule has 1 heterocycles. The number of thiazole rings is 1. The zero-order chi connectivity index (χ0) is 19.2. The molecule has 0 unspecified atom stereocenters. The Kier molecular flexibility index (Phi) is 5.73. The van der Waals surface area contributed by atoms with Gasteiger partial charge in [-0.2, -0.15) is 5.10 Å². The van der Waals surface area contributed by atoms with Gasteiger partial charge in [-0.3, -0.25) is 4.99 Å². The molecule has 0 saturated heterocycles. The Balaban J connectivity index is 2.15. The highest BCUT2D eigenvalue weighted by molar-refractivity contribution is 7.07. The van der Waals surface area contributed by atoms with E-state index in [0.717, 1.165) is 17.0 Å². The quantitative estimate of drug-likeness (QED) is 0.389. The first-order valence-electron chi connectivity index (χ1n) is 8.16. The van der Waals surface area contributed by atoms with Crippen LogP contribution in [0.3, 0.4) is 0 Å². The summed E-state index contributed by atoms with van der Waals surface area (Å²) in [5.41, 5.74) is 2.07. The van der Waals surface area contributed by atoms with Crippen molar-refractivity contribution in [3.05, 3.63) is 70.9 Å². The number of ether oxygens (including phenoxy) is 1. The molecule has 0 bridgehead atoms. The summed E-state index contributed by atoms with van der Waals surface area (Å²) in [6.45, 7) is 4.15. The van der Waals surface area contributed by atoms with Crippen molar-refractivity contribution in [2.75, 3.05) is 13.7 Å². The molecular weight excluding hydrogens is 362 g/mol. The molecule has 6 nitrogen and oxygen atoms in total. The van der Waals surface area contributed by atoms with Gasteiger partial charge >= 0.3 is 0 Å². The molecule has 0 atom stereocenters. The van der Waals surface area contributed by atoms with Crippen LogP contribution < -0.4 is 9.54 Å². The van der Waals surface area contributed by atoms with Gasteiger partial charge in [-0.25, -0.2) is 4.68 Å². The van der Waals surface area contributed by atoms with E-state index < -0.39 is 0 Å². The minimum absolute atomic E-state index is 0.198. The summed E-state index contributed by atoms with van der Waals surface area (Å²) in [6, 6.07) is 12.4. The van der Waals surface area contributed by atoms with E-state index in [-0.39, 0.29) is 11.5 Å². The van der Waals surface area contributed by atoms with Crippen molar-refractivity contribution in [3.63, 3.8) is 0 Å². The van der Waals surface area contributed by atoms with E-state index in [1.54, 1.807) is 30.0 Å². The second-order valence-corrected chi connectivity index (χ2v) is 6.34. The third kappa shape index (κ3) is 3.93. The summed E-state index contributed by atoms with van der Waals surface area (Å²) in [5, 5.41) is 26.1. The Bertz CT molecular complexity index is 1050. The fraction of sp³-hybridized carbons (Fsp3) is 0.100. The van der Waals surface area contributed by atoms with Gasteiger partial charge in [0.15, 0.2) is 11.5 Å². The second kappa shape index (κ2) is 8.37. The summed E-state index contributed by atoms with van der Waals surface area (Å²) in [7, 11) is 1.62. The first-order valence-corrected chi connectivity index (χ1v) is 9.04. The van der Waals surface area contributed by atoms with Crippen LogP contribution in [0.5, 0.6) is 17.2 Å². The van der Waals surface area contributed by atoms with Gasteiger partial charge in [-0.1, -0.05) is 24.3 Å². The number of nitrogens with zero attached hydrogens (tertiary/aromatic N) is 3. The van der Waals surface area contributed by atoms with Gasteiger partial charge in [0.1, 0.15) is 5.75 Å². The lowest BCUT2D eigenvalue weighted by Gasteiger charge is -2.08. The summed E-state index contributed by atoms with van der Waals surface area (Å²) in [4.78, 5) is 5.15. The Morgan fingerprint density at radius 1 is 1.19 bits per heavy atom. The van der Waals surface area contributed by atoms with Gasteiger partial charge < -0.3 is 14.9 Å². The van der Waals surface area contributed by atoms with E-state index in [4.69, 9.17) is 4.74 Å². The van der Waals surface area contributed by atoms with Crippen LogP contribution in [-0.2, 0) is 0 Å². The molecule has 0 radical (unpaired) electrons. The molecule has 0 amide bonds. The third-order valence-corrected chi connectivity index (χ3v) is 4.64. The van der Waals surface area contributed by atoms with Gasteiger partial charge in [-0.15, -0.1) is 17.9 Å². The predicted molar refractivity (Wildman–Crippen MR) is 108 cm³/mol. The zero-order valence-corrected chi connectivity index (χ0v) is 15.6. The standard InChI is InChI=1S/C20H19N3O3S/c1-3-11-21-20-23(22-12-14-7-6-9-17(24)19(14)25)16(13-27-20)15-8-4-5-10-18(15)26-2/h3-10,12-13,24-25H,1,11H2,2H3. The van der Waals surface area contributed by atoms with Crippen molar-refractivity contribution in [2.45, 2.75) is 0 Å². The van der Waals surface area contributed by atoms with Crippen molar-refractivity contribution in [1.82, 2.24) is 4.68 Å². The summed E-state index contributed by atoms with van der Waals surface area (Å²) in [6.07, 6.45) is 3.19. The maximum Gasteiger partial charge on any atom is 0.206 e. The normalized spacial score (nSPS) is 11.8. The highest BCUT2D eigenvalue weighted by atomic mass is 32.1. The molecular formula is C20H19N3O3S. The van der Waals surface area contributed by atoms with E-state index in [2.05, 4.69) is 16.7 Å². The smallest absolute Gasteiger partial charge is 0.206 e. The fourth-order valence-electron chi connectivity index (χ4n) is 2.48. The molecule has 0 aliphatic carbocycles. The molecule has 138 valence electrons. The molecule has 1 aromatic heterocycles. The second-order valence-electron chi connectivity index (χ2n) is 5.50. The van der Waals surface area contributed by atoms with Crippen LogP contribution in [-0.4, -0.2) is 34.8 Å². The summed E-state index contributed by atoms with van der Waals surface area (Å²) < 4.78 is 7.14. The molecule has 0 aliphatic heterocycles. The summed E-state index contributed by atoms with van der Waals surface area (Å²) in [5.74, 6) is 0.297. The maximum atomic E-state index is 10.0. The Morgan fingerprint density at radius 3 is 2.78 bits per heavy atom. The Hall–Kier alpha value is -3.32. The zero-order valence-electron chi connectivity index (χ0n) is 14.7. The third-order valence-electron chi connectivity index (χ3n) is 3.78. The molecule has 3 aromatic rings. The number of para-hydroxylation sites is 2. The lowest BCUT2D eigenvalue weighted by atomic mass is 10.1. The van der Waals surface area contributed by atoms with Gasteiger partial charge in [0.05, 0.1) is 25.6 Å². The molecule has 0 aliphatic rings. The van der Waals surface area contributed by atoms with Gasteiger partial charge in [0.2, 0.25) is 4.80 Å². The molecule has 0 fully saturated rings. The maximum absolute atomic E-state index is 10.0. The van der Waals surface area contributed by atoms with Gasteiger partial charge in [-0.05, 0) is 24.3 Å². The van der Waals surface area contributed by atoms with Crippen LogP contribution >= 0.6 is 11.3 Å². The number of phenols is 2. The van der Waals surface area contributed by atoms with Crippen molar-refractivity contribution in [3.8, 4) is 28.5 Å². The van der Waals surface area contributed by atoms with E-state index in [0.29, 0.717) is 16.9 Å². The first-order chi connectivity index (χ1) is 13.2. The van der Waals surface area contributed by atoms with Crippen LogP contribution in [0.15, 0.2) is 70.6 Å². The fourth-order valence-corrected chi connectivity index (χ4v) is 3.31. The number of benzene rings is 2. The van der Waals surface area contributed by atoms with Crippen LogP contribution in [0.25, 0.3) is 11.3 Å². The Morgan fingerprint density at radius 2 is 2.00 bits per heavy atom. The topological polar surface area (TPSA) is 79.3 Å². The SMILES string of the molecule is C=CCN=c1scc(-c2ccccc2OC)n1N=Cc1cccc(O)c1O. The minimum atomic E-state index is -0.222. The molecule has 3 rings (SSSR count). The largest absolute Gasteiger partial charge is 0.504 e. The first kappa shape index (κ1) is 18.5. The average Bonchev–Trinajstić information content (AvgIpc) is 3.10. The van der Waals surface area contributed by atoms with Crippen LogP contribution in [0.1, 0.15) is 5.56 Å². The predicted octanol–water partition coefficient (Wildman–Crippen LogP) is 3.61. The number of aromatic hydroxyl groups is 2. The minimum Gasteiger partial charge on any atom is -0.504 e. The highest BCUT2D eigenvalue weighted by Gasteiger charge is 2.12. The lowest BCUT2D eigenvalue weighted by molar-refractivity contribution is 0.403. The number of aromatic nitrogens is 1. The lowest BCUT2D eigenvalue weighted by Crippen LogP contribution is -2.12. The van der Waals surface area contributed by atoms with Crippen LogP contribution in [0.4, 0.5) is 0 Å². The van der Waals surface area contributed by atoms with Crippen molar-refractivity contribution in [2.24, 2.45) is 10.1 Å². The molecule has 27 heavy (non-hydrogen) atoms. The van der Waals surface area contributed by atoms with E-state index >= 15 is 0 Å². The summed E-state index contributed by atoms with van der Waals surface area (Å²) >= 11 is 1.44. The van der Waals surface area contributed by atoms with E-state index in [9.17, 15) is 10.2 Å². The molecule has 2 N–H and O–H groups in total. The van der Waals surface area contributed by atoms with Crippen LogP contribution in [0.2, 0.25) is 0 Å². The number of hydrogen-bond acceptors (Lipinski definition) is 6. The van der Waals surface area contributed by atoms with Gasteiger partial charge in [0.25, 0.3) is 0 Å². The molecule has 0 saturated carbocycles. The van der Waals surface area contributed by atoms with E-state index in [1.165, 1.54) is 23.6 Å². The highest BCUT2D eigenvalue weighted by Crippen LogP contribution is 2.30. The molecule has 0 spiro atoms. The monoisotopic (exact) mass is 381 g/mol. The Labute approximate surface area is 160 Å². The van der Waals surface area contributed by atoms with Crippen molar-refractivity contribution >= 4 is 17.6 Å². The van der Waals surface area contributed by atoms with E-state index in [1.807, 2.05) is 29.6 Å².